The summed E-state index contributed by atoms with van der Waals surface area (Å²) in [5.41, 5.74) is 2.24. The Balaban J connectivity index is 1.72. The Bertz CT molecular complexity index is 1240. The van der Waals surface area contributed by atoms with Gasteiger partial charge in [-0.2, -0.15) is 9.97 Å². The number of nitrogens with zero attached hydrogens (tertiary/aromatic N) is 5. The standard InChI is InChI=1S/C21H23N7O3S/c1-3-8-32(30)20-26-18(24-11-14-4-6-16(31-2)7-5-14)17-19(27-20)28(21(29)25-17)12-15-9-22-13-23-10-15/h4-7,9-10,13H,3,8,11-12H2,1-2H3,(H,25,29)(H,24,26,27). The maximum atomic E-state index is 12.7. The van der Waals surface area contributed by atoms with Gasteiger partial charge >= 0.3 is 10.8 Å². The van der Waals surface area contributed by atoms with Crippen molar-refractivity contribution in [1.82, 2.24) is 29.5 Å². The van der Waals surface area contributed by atoms with Crippen LogP contribution in [0.2, 0.25) is 0 Å². The van der Waals surface area contributed by atoms with Crippen LogP contribution in [0.15, 0.2) is 52.9 Å². The van der Waals surface area contributed by atoms with Crippen molar-refractivity contribution in [3.8, 4) is 5.75 Å². The summed E-state index contributed by atoms with van der Waals surface area (Å²) in [6, 6.07) is 7.61. The van der Waals surface area contributed by atoms with E-state index in [1.165, 1.54) is 10.9 Å². The van der Waals surface area contributed by atoms with E-state index in [-0.39, 0.29) is 17.4 Å². The maximum absolute atomic E-state index is 12.7. The minimum atomic E-state index is -1.38. The number of aromatic amines is 1. The summed E-state index contributed by atoms with van der Waals surface area (Å²) < 4.78 is 19.4. The zero-order chi connectivity index (χ0) is 22.5. The molecule has 1 atom stereocenters. The van der Waals surface area contributed by atoms with E-state index in [1.807, 2.05) is 31.2 Å². The van der Waals surface area contributed by atoms with Gasteiger partial charge in [-0.3, -0.25) is 4.57 Å². The SMILES string of the molecule is CCC[S+]([O-])c1nc(NCc2ccc(OC)cc2)c2[nH]c(=O)n(Cc3cncnc3)c2n1. The van der Waals surface area contributed by atoms with E-state index in [0.717, 1.165) is 23.3 Å². The molecule has 0 radical (unpaired) electrons. The van der Waals surface area contributed by atoms with Crippen molar-refractivity contribution >= 4 is 28.2 Å². The van der Waals surface area contributed by atoms with Gasteiger partial charge in [0.2, 0.25) is 0 Å². The molecular formula is C21H23N7O3S. The first-order valence-corrected chi connectivity index (χ1v) is 11.4. The smallest absolute Gasteiger partial charge is 0.346 e. The van der Waals surface area contributed by atoms with Gasteiger partial charge in [0, 0.05) is 35.7 Å². The Morgan fingerprint density at radius 3 is 2.59 bits per heavy atom. The second-order valence-electron chi connectivity index (χ2n) is 7.07. The van der Waals surface area contributed by atoms with Crippen LogP contribution in [0, 0.1) is 0 Å². The first kappa shape index (κ1) is 21.8. The molecule has 3 heterocycles. The van der Waals surface area contributed by atoms with Crippen LogP contribution in [-0.2, 0) is 24.3 Å². The molecule has 3 aromatic heterocycles. The zero-order valence-electron chi connectivity index (χ0n) is 17.7. The highest BCUT2D eigenvalue weighted by atomic mass is 32.2. The number of aromatic nitrogens is 6. The van der Waals surface area contributed by atoms with E-state index in [1.54, 1.807) is 19.5 Å². The minimum Gasteiger partial charge on any atom is -0.609 e. The quantitative estimate of drug-likeness (QED) is 0.291. The van der Waals surface area contributed by atoms with Crippen LogP contribution in [0.1, 0.15) is 24.5 Å². The fourth-order valence-electron chi connectivity index (χ4n) is 3.19. The molecule has 0 saturated heterocycles. The highest BCUT2D eigenvalue weighted by molar-refractivity contribution is 7.91. The van der Waals surface area contributed by atoms with Crippen LogP contribution in [0.25, 0.3) is 11.2 Å². The van der Waals surface area contributed by atoms with Crippen LogP contribution in [0.3, 0.4) is 0 Å². The van der Waals surface area contributed by atoms with Crippen molar-refractivity contribution in [2.75, 3.05) is 18.2 Å². The van der Waals surface area contributed by atoms with Crippen molar-refractivity contribution in [1.29, 1.82) is 0 Å². The van der Waals surface area contributed by atoms with Gasteiger partial charge in [0.25, 0.3) is 0 Å². The second kappa shape index (κ2) is 9.79. The van der Waals surface area contributed by atoms with E-state index in [4.69, 9.17) is 4.74 Å². The molecule has 0 spiro atoms. The number of hydrogen-bond acceptors (Lipinski definition) is 8. The molecule has 10 nitrogen and oxygen atoms in total. The normalized spacial score (nSPS) is 12.1. The molecule has 0 bridgehead atoms. The molecular weight excluding hydrogens is 430 g/mol. The van der Waals surface area contributed by atoms with Gasteiger partial charge in [0.05, 0.1) is 13.7 Å². The van der Waals surface area contributed by atoms with Crippen LogP contribution in [-0.4, -0.2) is 46.9 Å². The second-order valence-corrected chi connectivity index (χ2v) is 8.53. The summed E-state index contributed by atoms with van der Waals surface area (Å²) in [6.07, 6.45) is 5.43. The largest absolute Gasteiger partial charge is 0.609 e. The van der Waals surface area contributed by atoms with Crippen molar-refractivity contribution in [2.24, 2.45) is 0 Å². The number of methoxy groups -OCH3 is 1. The molecule has 0 aliphatic heterocycles. The molecule has 0 amide bonds. The number of nitrogens with one attached hydrogen (secondary N) is 2. The lowest BCUT2D eigenvalue weighted by Crippen LogP contribution is -2.18. The summed E-state index contributed by atoms with van der Waals surface area (Å²) in [5.74, 6) is 1.62. The van der Waals surface area contributed by atoms with Crippen LogP contribution in [0.4, 0.5) is 5.82 Å². The number of benzene rings is 1. The van der Waals surface area contributed by atoms with Crippen molar-refractivity contribution in [3.63, 3.8) is 0 Å². The van der Waals surface area contributed by atoms with E-state index < -0.39 is 11.2 Å². The van der Waals surface area contributed by atoms with E-state index in [2.05, 4.69) is 30.2 Å². The summed E-state index contributed by atoms with van der Waals surface area (Å²) in [4.78, 5) is 32.5. The van der Waals surface area contributed by atoms with Gasteiger partial charge < -0.3 is 19.6 Å². The van der Waals surface area contributed by atoms with Gasteiger partial charge in [-0.1, -0.05) is 19.1 Å². The Labute approximate surface area is 187 Å². The Morgan fingerprint density at radius 1 is 1.16 bits per heavy atom. The Morgan fingerprint density at radius 2 is 1.91 bits per heavy atom. The molecule has 2 N–H and O–H groups in total. The number of imidazole rings is 1. The number of rotatable bonds is 9. The maximum Gasteiger partial charge on any atom is 0.346 e. The van der Waals surface area contributed by atoms with Gasteiger partial charge in [-0.15, -0.1) is 0 Å². The number of fused-ring (bicyclic) bond motifs is 1. The number of anilines is 1. The van der Waals surface area contributed by atoms with Crippen LogP contribution < -0.4 is 15.7 Å². The number of ether oxygens (including phenoxy) is 1. The fourth-order valence-corrected chi connectivity index (χ4v) is 4.12. The third kappa shape index (κ3) is 4.73. The van der Waals surface area contributed by atoms with Gasteiger partial charge in [-0.05, 0) is 24.1 Å². The number of H-pyrrole nitrogens is 1. The molecule has 4 aromatic rings. The summed E-state index contributed by atoms with van der Waals surface area (Å²) >= 11 is -1.38. The average Bonchev–Trinajstić information content (AvgIpc) is 3.13. The minimum absolute atomic E-state index is 0.189. The lowest BCUT2D eigenvalue weighted by molar-refractivity contribution is 0.414. The van der Waals surface area contributed by atoms with Gasteiger partial charge in [0.1, 0.15) is 23.3 Å². The molecule has 1 aromatic carbocycles. The summed E-state index contributed by atoms with van der Waals surface area (Å²) in [6.45, 7) is 2.63. The molecule has 0 fully saturated rings. The monoisotopic (exact) mass is 453 g/mol. The summed E-state index contributed by atoms with van der Waals surface area (Å²) in [5, 5.41) is 3.44. The molecule has 0 aliphatic rings. The molecule has 1 unspecified atom stereocenters. The Kier molecular flexibility index (Phi) is 6.66. The van der Waals surface area contributed by atoms with E-state index in [9.17, 15) is 9.35 Å². The highest BCUT2D eigenvalue weighted by Crippen LogP contribution is 2.22. The van der Waals surface area contributed by atoms with E-state index in [0.29, 0.717) is 29.3 Å². The topological polar surface area (TPSA) is 134 Å². The number of hydrogen-bond donors (Lipinski definition) is 2. The van der Waals surface area contributed by atoms with Crippen molar-refractivity contribution in [3.05, 3.63) is 64.6 Å². The van der Waals surface area contributed by atoms with Crippen molar-refractivity contribution in [2.45, 2.75) is 31.6 Å². The van der Waals surface area contributed by atoms with Gasteiger partial charge in [0.15, 0.2) is 11.5 Å². The zero-order valence-corrected chi connectivity index (χ0v) is 18.6. The third-order valence-electron chi connectivity index (χ3n) is 4.77. The first-order chi connectivity index (χ1) is 15.6. The first-order valence-electron chi connectivity index (χ1n) is 10.1. The molecule has 11 heteroatoms. The molecule has 166 valence electrons. The molecule has 32 heavy (non-hydrogen) atoms. The average molecular weight is 454 g/mol. The van der Waals surface area contributed by atoms with Crippen molar-refractivity contribution < 1.29 is 9.29 Å². The fraction of sp³-hybridized carbons (Fsp3) is 0.286. The third-order valence-corrected chi connectivity index (χ3v) is 6.14. The molecule has 0 saturated carbocycles. The van der Waals surface area contributed by atoms with Crippen LogP contribution >= 0.6 is 0 Å². The predicted molar refractivity (Wildman–Crippen MR) is 121 cm³/mol. The summed E-state index contributed by atoms with van der Waals surface area (Å²) in [7, 11) is 1.62. The lowest BCUT2D eigenvalue weighted by atomic mass is 10.2. The highest BCUT2D eigenvalue weighted by Gasteiger charge is 2.22. The van der Waals surface area contributed by atoms with Crippen LogP contribution in [0.5, 0.6) is 5.75 Å². The molecule has 4 rings (SSSR count). The Hall–Kier alpha value is -3.44. The molecule has 0 aliphatic carbocycles. The van der Waals surface area contributed by atoms with Gasteiger partial charge in [-0.25, -0.2) is 14.8 Å². The lowest BCUT2D eigenvalue weighted by Gasteiger charge is -2.12. The van der Waals surface area contributed by atoms with E-state index >= 15 is 0 Å². The predicted octanol–water partition coefficient (Wildman–Crippen LogP) is 2.10.